The standard InChI is InChI=1S/C20H19NO5S/c1-13-2-6-16(7-3-13)25-11-15(22)12-26-17-8-4-14(5-9-17)10-18-19(23)21-20(24)27-18/h2-10,15,22H,11-12H2,1H3,(H,21,23,24)/b18-10-/t15-/m1/s1. The number of benzene rings is 2. The van der Waals surface area contributed by atoms with E-state index < -0.39 is 6.10 Å². The van der Waals surface area contributed by atoms with Crippen LogP contribution >= 0.6 is 11.8 Å². The number of ether oxygens (including phenoxy) is 2. The second-order valence-corrected chi connectivity index (χ2v) is 7.02. The molecule has 7 heteroatoms. The number of hydrogen-bond donors (Lipinski definition) is 2. The Hall–Kier alpha value is -2.77. The molecule has 2 N–H and O–H groups in total. The molecule has 3 rings (SSSR count). The number of aliphatic hydroxyl groups is 1. The SMILES string of the molecule is Cc1ccc(OC[C@@H](O)COc2ccc(/C=C3\SC(=O)NC3=O)cc2)cc1. The van der Waals surface area contributed by atoms with E-state index in [9.17, 15) is 14.7 Å². The summed E-state index contributed by atoms with van der Waals surface area (Å²) in [5.74, 6) is 0.900. The number of hydrogen-bond acceptors (Lipinski definition) is 6. The van der Waals surface area contributed by atoms with Gasteiger partial charge in [-0.25, -0.2) is 0 Å². The molecule has 0 unspecified atom stereocenters. The van der Waals surface area contributed by atoms with Crippen molar-refractivity contribution in [2.24, 2.45) is 0 Å². The van der Waals surface area contributed by atoms with Crippen molar-refractivity contribution < 1.29 is 24.2 Å². The summed E-state index contributed by atoms with van der Waals surface area (Å²) in [6.07, 6.45) is 0.872. The molecule has 0 aliphatic carbocycles. The second kappa shape index (κ2) is 8.75. The number of rotatable bonds is 7. The summed E-state index contributed by atoms with van der Waals surface area (Å²) < 4.78 is 11.1. The Morgan fingerprint density at radius 2 is 1.56 bits per heavy atom. The number of amides is 2. The van der Waals surface area contributed by atoms with E-state index in [2.05, 4.69) is 5.32 Å². The minimum Gasteiger partial charge on any atom is -0.491 e. The third kappa shape index (κ3) is 5.60. The Bertz CT molecular complexity index is 846. The van der Waals surface area contributed by atoms with Crippen molar-refractivity contribution in [3.63, 3.8) is 0 Å². The van der Waals surface area contributed by atoms with E-state index in [4.69, 9.17) is 9.47 Å². The van der Waals surface area contributed by atoms with Gasteiger partial charge in [-0.1, -0.05) is 29.8 Å². The summed E-state index contributed by atoms with van der Waals surface area (Å²) >= 11 is 0.875. The van der Waals surface area contributed by atoms with Crippen molar-refractivity contribution in [1.82, 2.24) is 5.32 Å². The molecule has 1 heterocycles. The number of thioether (sulfide) groups is 1. The minimum atomic E-state index is -0.766. The molecule has 1 aliphatic heterocycles. The molecule has 140 valence electrons. The summed E-state index contributed by atoms with van der Waals surface area (Å²) in [6, 6.07) is 14.6. The van der Waals surface area contributed by atoms with E-state index in [-0.39, 0.29) is 24.4 Å². The van der Waals surface area contributed by atoms with Crippen LogP contribution in [0.15, 0.2) is 53.4 Å². The van der Waals surface area contributed by atoms with E-state index in [1.807, 2.05) is 31.2 Å². The quantitative estimate of drug-likeness (QED) is 0.713. The highest BCUT2D eigenvalue weighted by Gasteiger charge is 2.24. The highest BCUT2D eigenvalue weighted by molar-refractivity contribution is 8.18. The van der Waals surface area contributed by atoms with Gasteiger partial charge in [-0.2, -0.15) is 0 Å². The summed E-state index contributed by atoms with van der Waals surface area (Å²) in [6.45, 7) is 2.22. The number of carbonyl (C=O) groups excluding carboxylic acids is 2. The van der Waals surface area contributed by atoms with Gasteiger partial charge in [-0.05, 0) is 54.6 Å². The van der Waals surface area contributed by atoms with Crippen LogP contribution in [0.5, 0.6) is 11.5 Å². The molecule has 1 atom stereocenters. The van der Waals surface area contributed by atoms with Gasteiger partial charge in [0.1, 0.15) is 30.8 Å². The van der Waals surface area contributed by atoms with Crippen LogP contribution in [0.2, 0.25) is 0 Å². The van der Waals surface area contributed by atoms with Crippen molar-refractivity contribution in [2.45, 2.75) is 13.0 Å². The molecular weight excluding hydrogens is 366 g/mol. The molecule has 2 aromatic carbocycles. The molecule has 1 saturated heterocycles. The van der Waals surface area contributed by atoms with Crippen LogP contribution in [-0.4, -0.2) is 35.6 Å². The molecular formula is C20H19NO5S. The fraction of sp³-hybridized carbons (Fsp3) is 0.200. The monoisotopic (exact) mass is 385 g/mol. The second-order valence-electron chi connectivity index (χ2n) is 6.01. The first-order valence-electron chi connectivity index (χ1n) is 8.35. The first kappa shape index (κ1) is 19.0. The van der Waals surface area contributed by atoms with E-state index >= 15 is 0 Å². The van der Waals surface area contributed by atoms with Crippen LogP contribution in [0.3, 0.4) is 0 Å². The first-order valence-corrected chi connectivity index (χ1v) is 9.16. The number of imide groups is 1. The van der Waals surface area contributed by atoms with Crippen molar-refractivity contribution in [3.8, 4) is 11.5 Å². The van der Waals surface area contributed by atoms with Crippen LogP contribution in [0.4, 0.5) is 4.79 Å². The maximum atomic E-state index is 11.5. The molecule has 0 aromatic heterocycles. The molecule has 1 aliphatic rings. The molecule has 0 radical (unpaired) electrons. The Labute approximate surface area is 161 Å². The number of aliphatic hydroxyl groups excluding tert-OH is 1. The highest BCUT2D eigenvalue weighted by atomic mass is 32.2. The average Bonchev–Trinajstić information content (AvgIpc) is 2.97. The smallest absolute Gasteiger partial charge is 0.290 e. The van der Waals surface area contributed by atoms with Crippen molar-refractivity contribution in [3.05, 3.63) is 64.6 Å². The van der Waals surface area contributed by atoms with Crippen LogP contribution in [0.25, 0.3) is 6.08 Å². The lowest BCUT2D eigenvalue weighted by Gasteiger charge is -2.14. The molecule has 1 fully saturated rings. The maximum Gasteiger partial charge on any atom is 0.290 e. The van der Waals surface area contributed by atoms with Crippen LogP contribution in [0.1, 0.15) is 11.1 Å². The van der Waals surface area contributed by atoms with Gasteiger partial charge >= 0.3 is 0 Å². The predicted octanol–water partition coefficient (Wildman–Crippen LogP) is 3.14. The zero-order valence-corrected chi connectivity index (χ0v) is 15.5. The molecule has 0 bridgehead atoms. The van der Waals surface area contributed by atoms with Gasteiger partial charge in [0.2, 0.25) is 0 Å². The Kier molecular flexibility index (Phi) is 6.16. The van der Waals surface area contributed by atoms with E-state index in [0.717, 1.165) is 22.9 Å². The van der Waals surface area contributed by atoms with E-state index in [1.165, 1.54) is 0 Å². The molecule has 6 nitrogen and oxygen atoms in total. The topological polar surface area (TPSA) is 84.9 Å². The zero-order valence-electron chi connectivity index (χ0n) is 14.7. The van der Waals surface area contributed by atoms with Gasteiger partial charge in [-0.15, -0.1) is 0 Å². The number of carbonyl (C=O) groups is 2. The fourth-order valence-electron chi connectivity index (χ4n) is 2.30. The van der Waals surface area contributed by atoms with Crippen molar-refractivity contribution in [1.29, 1.82) is 0 Å². The van der Waals surface area contributed by atoms with Gasteiger partial charge < -0.3 is 14.6 Å². The van der Waals surface area contributed by atoms with E-state index in [1.54, 1.807) is 30.3 Å². The van der Waals surface area contributed by atoms with Crippen LogP contribution in [0, 0.1) is 6.92 Å². The van der Waals surface area contributed by atoms with Crippen molar-refractivity contribution >= 4 is 29.0 Å². The summed E-state index contributed by atoms with van der Waals surface area (Å²) in [4.78, 5) is 23.0. The third-order valence-corrected chi connectivity index (χ3v) is 4.54. The van der Waals surface area contributed by atoms with Crippen LogP contribution < -0.4 is 14.8 Å². The summed E-state index contributed by atoms with van der Waals surface area (Å²) in [5, 5.41) is 11.8. The predicted molar refractivity (Wildman–Crippen MR) is 104 cm³/mol. The Morgan fingerprint density at radius 1 is 1.00 bits per heavy atom. The molecule has 2 aromatic rings. The number of aryl methyl sites for hydroxylation is 1. The van der Waals surface area contributed by atoms with Crippen LogP contribution in [-0.2, 0) is 4.79 Å². The average molecular weight is 385 g/mol. The van der Waals surface area contributed by atoms with Gasteiger partial charge in [-0.3, -0.25) is 14.9 Å². The molecule has 27 heavy (non-hydrogen) atoms. The van der Waals surface area contributed by atoms with E-state index in [0.29, 0.717) is 16.4 Å². The lowest BCUT2D eigenvalue weighted by Crippen LogP contribution is -2.25. The molecule has 0 saturated carbocycles. The third-order valence-electron chi connectivity index (χ3n) is 3.73. The lowest BCUT2D eigenvalue weighted by molar-refractivity contribution is -0.115. The maximum absolute atomic E-state index is 11.5. The normalized spacial score (nSPS) is 16.3. The van der Waals surface area contributed by atoms with Gasteiger partial charge in [0, 0.05) is 0 Å². The Balaban J connectivity index is 1.47. The minimum absolute atomic E-state index is 0.0963. The largest absolute Gasteiger partial charge is 0.491 e. The van der Waals surface area contributed by atoms with Gasteiger partial charge in [0.25, 0.3) is 11.1 Å². The lowest BCUT2D eigenvalue weighted by atomic mass is 10.2. The highest BCUT2D eigenvalue weighted by Crippen LogP contribution is 2.26. The fourth-order valence-corrected chi connectivity index (χ4v) is 2.98. The van der Waals surface area contributed by atoms with Gasteiger partial charge in [0.15, 0.2) is 0 Å². The summed E-state index contributed by atoms with van der Waals surface area (Å²) in [7, 11) is 0. The Morgan fingerprint density at radius 3 is 2.07 bits per heavy atom. The molecule has 2 amide bonds. The summed E-state index contributed by atoms with van der Waals surface area (Å²) in [5.41, 5.74) is 1.92. The first-order chi connectivity index (χ1) is 13.0. The van der Waals surface area contributed by atoms with Gasteiger partial charge in [0.05, 0.1) is 4.91 Å². The van der Waals surface area contributed by atoms with Crippen molar-refractivity contribution in [2.75, 3.05) is 13.2 Å². The number of nitrogens with one attached hydrogen (secondary N) is 1. The zero-order chi connectivity index (χ0) is 19.2. The molecule has 0 spiro atoms.